The van der Waals surface area contributed by atoms with Crippen LogP contribution < -0.4 is 11.3 Å². The number of benzene rings is 1. The van der Waals surface area contributed by atoms with Crippen LogP contribution in [0.5, 0.6) is 0 Å². The minimum absolute atomic E-state index is 0.127. The highest BCUT2D eigenvalue weighted by Gasteiger charge is 2.54. The number of aromatic amines is 1. The molecular formula is C22H23Cl2N7O13P2. The summed E-state index contributed by atoms with van der Waals surface area (Å²) >= 11 is 12.2. The molecule has 3 aliphatic rings. The van der Waals surface area contributed by atoms with Crippen LogP contribution >= 0.6 is 38.8 Å². The van der Waals surface area contributed by atoms with Crippen molar-refractivity contribution in [3.63, 3.8) is 0 Å². The van der Waals surface area contributed by atoms with Crippen LogP contribution in [0.15, 0.2) is 29.6 Å². The summed E-state index contributed by atoms with van der Waals surface area (Å²) in [5.41, 5.74) is 5.41. The van der Waals surface area contributed by atoms with E-state index in [2.05, 4.69) is 19.9 Å². The number of aromatic nitrogens is 6. The third-order valence-corrected chi connectivity index (χ3v) is 10.2. The molecule has 0 radical (unpaired) electrons. The zero-order valence-electron chi connectivity index (χ0n) is 22.8. The van der Waals surface area contributed by atoms with E-state index in [1.165, 1.54) is 23.0 Å². The predicted molar refractivity (Wildman–Crippen MR) is 153 cm³/mol. The lowest BCUT2D eigenvalue weighted by molar-refractivity contribution is -0.0671. The molecule has 0 spiro atoms. The minimum atomic E-state index is -5.11. The summed E-state index contributed by atoms with van der Waals surface area (Å²) in [6.07, 6.45) is -10.2. The van der Waals surface area contributed by atoms with Crippen LogP contribution in [0.4, 0.5) is 5.95 Å². The molecule has 7 rings (SSSR count). The highest BCUT2D eigenvalue weighted by molar-refractivity contribution is 7.47. The van der Waals surface area contributed by atoms with Gasteiger partial charge < -0.3 is 39.8 Å². The SMILES string of the molecule is Nc1nc2c(ncn2[C@@H]2O[C@@H]3COP(=O)(O)OC4C(O)[C@H](n5cnc6cc(Cl)c(Cl)cc65)O[C@@H]4COP(=O)(O)OC2C3O)c(=O)[nH]1. The molecule has 10 atom stereocenters. The number of imidazole rings is 2. The summed E-state index contributed by atoms with van der Waals surface area (Å²) in [6.45, 7) is -1.64. The fourth-order valence-electron chi connectivity index (χ4n) is 5.47. The van der Waals surface area contributed by atoms with Crippen LogP contribution in [-0.4, -0.2) is 98.9 Å². The maximum Gasteiger partial charge on any atom is 0.472 e. The number of hydrogen-bond donors (Lipinski definition) is 6. The van der Waals surface area contributed by atoms with Crippen molar-refractivity contribution < 1.29 is 56.7 Å². The van der Waals surface area contributed by atoms with Crippen LogP contribution in [0.1, 0.15) is 12.5 Å². The van der Waals surface area contributed by atoms with Gasteiger partial charge in [0.25, 0.3) is 5.56 Å². The van der Waals surface area contributed by atoms with Crippen molar-refractivity contribution in [1.82, 2.24) is 29.1 Å². The van der Waals surface area contributed by atoms with E-state index in [1.54, 1.807) is 0 Å². The number of ether oxygens (including phenoxy) is 2. The number of anilines is 1. The van der Waals surface area contributed by atoms with Gasteiger partial charge in [-0.05, 0) is 12.1 Å². The second-order valence-corrected chi connectivity index (χ2v) is 14.1. The summed E-state index contributed by atoms with van der Waals surface area (Å²) < 4.78 is 61.4. The normalized spacial score (nSPS) is 37.2. The Hall–Kier alpha value is -2.52. The number of phosphoric ester groups is 2. The molecule has 46 heavy (non-hydrogen) atoms. The predicted octanol–water partition coefficient (Wildman–Crippen LogP) is 0.593. The number of aliphatic hydroxyl groups excluding tert-OH is 2. The number of H-pyrrole nitrogens is 1. The van der Waals surface area contributed by atoms with Crippen molar-refractivity contribution in [3.8, 4) is 0 Å². The van der Waals surface area contributed by atoms with Gasteiger partial charge in [-0.1, -0.05) is 23.2 Å². The minimum Gasteiger partial charge on any atom is -0.387 e. The zero-order valence-corrected chi connectivity index (χ0v) is 26.1. The number of fused-ring (bicyclic) bond motifs is 5. The average molecular weight is 726 g/mol. The van der Waals surface area contributed by atoms with E-state index in [-0.39, 0.29) is 27.2 Å². The molecule has 24 heteroatoms. The van der Waals surface area contributed by atoms with Gasteiger partial charge in [-0.25, -0.2) is 19.1 Å². The average Bonchev–Trinajstić information content (AvgIpc) is 3.72. The largest absolute Gasteiger partial charge is 0.472 e. The molecule has 0 aliphatic carbocycles. The Balaban J connectivity index is 1.21. The quantitative estimate of drug-likeness (QED) is 0.154. The van der Waals surface area contributed by atoms with Gasteiger partial charge in [0.2, 0.25) is 5.95 Å². The van der Waals surface area contributed by atoms with Gasteiger partial charge in [-0.3, -0.25) is 32.4 Å². The fraction of sp³-hybridized carbons (Fsp3) is 0.455. The summed E-state index contributed by atoms with van der Waals surface area (Å²) in [4.78, 5) is 48.1. The number of nitrogens with two attached hydrogens (primary N) is 1. The Kier molecular flexibility index (Phi) is 8.06. The van der Waals surface area contributed by atoms with Crippen molar-refractivity contribution in [2.24, 2.45) is 0 Å². The lowest BCUT2D eigenvalue weighted by atomic mass is 10.1. The number of phosphoric acid groups is 2. The molecule has 0 amide bonds. The molecule has 248 valence electrons. The first-order chi connectivity index (χ1) is 21.7. The molecule has 20 nitrogen and oxygen atoms in total. The summed E-state index contributed by atoms with van der Waals surface area (Å²) in [5, 5.41) is 22.6. The van der Waals surface area contributed by atoms with Crippen molar-refractivity contribution in [1.29, 1.82) is 0 Å². The first kappa shape index (κ1) is 32.0. The first-order valence-electron chi connectivity index (χ1n) is 13.2. The maximum atomic E-state index is 13.2. The van der Waals surface area contributed by atoms with Crippen molar-refractivity contribution in [2.75, 3.05) is 18.9 Å². The molecular weight excluding hydrogens is 703 g/mol. The lowest BCUT2D eigenvalue weighted by Gasteiger charge is -2.25. The number of halogens is 2. The van der Waals surface area contributed by atoms with E-state index in [0.717, 1.165) is 10.9 Å². The van der Waals surface area contributed by atoms with Gasteiger partial charge in [0.15, 0.2) is 23.6 Å². The molecule has 6 unspecified atom stereocenters. The fourth-order valence-corrected chi connectivity index (χ4v) is 7.68. The number of nitrogens with zero attached hydrogens (tertiary/aromatic N) is 5. The van der Waals surface area contributed by atoms with E-state index >= 15 is 0 Å². The molecule has 1 aromatic carbocycles. The van der Waals surface area contributed by atoms with Gasteiger partial charge in [0, 0.05) is 0 Å². The van der Waals surface area contributed by atoms with Crippen molar-refractivity contribution in [3.05, 3.63) is 45.2 Å². The monoisotopic (exact) mass is 725 g/mol. The Morgan fingerprint density at radius 2 is 1.52 bits per heavy atom. The molecule has 3 fully saturated rings. The van der Waals surface area contributed by atoms with Crippen molar-refractivity contribution >= 4 is 67.0 Å². The summed E-state index contributed by atoms with van der Waals surface area (Å²) in [5.74, 6) is -0.283. The summed E-state index contributed by atoms with van der Waals surface area (Å²) in [7, 11) is -10.2. The van der Waals surface area contributed by atoms with Gasteiger partial charge in [0.05, 0.1) is 46.9 Å². The van der Waals surface area contributed by atoms with E-state index in [1.807, 2.05) is 0 Å². The van der Waals surface area contributed by atoms with Gasteiger partial charge in [-0.2, -0.15) is 4.98 Å². The number of nitrogen functional groups attached to an aromatic ring is 1. The van der Waals surface area contributed by atoms with Crippen LogP contribution in [0.25, 0.3) is 22.2 Å². The third-order valence-electron chi connectivity index (χ3n) is 7.55. The molecule has 4 aromatic rings. The van der Waals surface area contributed by atoms with E-state index in [4.69, 9.17) is 56.5 Å². The van der Waals surface area contributed by atoms with E-state index in [0.29, 0.717) is 11.0 Å². The van der Waals surface area contributed by atoms with Gasteiger partial charge >= 0.3 is 15.6 Å². The topological polar surface area (TPSA) is 278 Å². The van der Waals surface area contributed by atoms with E-state index in [9.17, 15) is 33.9 Å². The molecule has 3 saturated heterocycles. The lowest BCUT2D eigenvalue weighted by Crippen LogP contribution is -2.36. The Bertz CT molecular complexity index is 1990. The highest BCUT2D eigenvalue weighted by Crippen LogP contribution is 2.53. The van der Waals surface area contributed by atoms with Crippen molar-refractivity contribution in [2.45, 2.75) is 49.1 Å². The Morgan fingerprint density at radius 3 is 2.26 bits per heavy atom. The Labute approximate surface area is 265 Å². The standard InChI is InChI=1S/C22H23Cl2N7O13P2/c23-7-1-9-10(2-8(7)24)30(5-26-9)20-15(33)16-12(42-20)4-40-46(37,38)44-17-14(32)11(3-39-45(35,36)43-16)41-21(17)31-6-27-13-18(31)28-22(25)29-19(13)34/h1-2,5-6,11-12,14-17,20-21,32-33H,3-4H2,(H,35,36)(H,37,38)(H3,25,28,29,34)/t11-,12-,14?,15?,16?,17?,20-,21-/m1/s1. The van der Waals surface area contributed by atoms with Gasteiger partial charge in [0.1, 0.15) is 36.6 Å². The first-order valence-corrected chi connectivity index (χ1v) is 17.0. The van der Waals surface area contributed by atoms with E-state index < -0.39 is 83.5 Å². The molecule has 3 aliphatic heterocycles. The molecule has 7 N–H and O–H groups in total. The second-order valence-electron chi connectivity index (χ2n) is 10.5. The summed E-state index contributed by atoms with van der Waals surface area (Å²) in [6, 6.07) is 2.94. The number of nitrogens with one attached hydrogen (secondary N) is 1. The van der Waals surface area contributed by atoms with Crippen LogP contribution in [0.3, 0.4) is 0 Å². The molecule has 2 bridgehead atoms. The molecule has 3 aromatic heterocycles. The smallest absolute Gasteiger partial charge is 0.387 e. The van der Waals surface area contributed by atoms with Crippen LogP contribution in [0.2, 0.25) is 10.0 Å². The molecule has 0 saturated carbocycles. The second kappa shape index (κ2) is 11.6. The zero-order chi connectivity index (χ0) is 32.7. The molecule has 6 heterocycles. The number of aliphatic hydroxyl groups is 2. The number of hydrogen-bond acceptors (Lipinski definition) is 15. The van der Waals surface area contributed by atoms with Crippen LogP contribution in [-0.2, 0) is 36.7 Å². The third kappa shape index (κ3) is 5.67. The highest BCUT2D eigenvalue weighted by atomic mass is 35.5. The van der Waals surface area contributed by atoms with Crippen LogP contribution in [0, 0.1) is 0 Å². The number of rotatable bonds is 2. The van der Waals surface area contributed by atoms with Gasteiger partial charge in [-0.15, -0.1) is 0 Å². The maximum absolute atomic E-state index is 13.2. The Morgan fingerprint density at radius 1 is 0.891 bits per heavy atom.